The topological polar surface area (TPSA) is 42.9 Å². The standard InChI is InChI=1S/C10H6BrFN2OS/c11-8-2-1-7(12)3-6(8)4-10(15)9-5-16-14-13-9/h1-3,5H,4H2. The molecule has 0 atom stereocenters. The van der Waals surface area contributed by atoms with Crippen LogP contribution in [-0.2, 0) is 6.42 Å². The second-order valence-corrected chi connectivity index (χ2v) is 4.59. The molecule has 6 heteroatoms. The maximum absolute atomic E-state index is 13.0. The Morgan fingerprint density at radius 3 is 3.00 bits per heavy atom. The summed E-state index contributed by atoms with van der Waals surface area (Å²) >= 11 is 4.39. The molecule has 0 radical (unpaired) electrons. The van der Waals surface area contributed by atoms with E-state index in [1.54, 1.807) is 11.4 Å². The number of hydrogen-bond acceptors (Lipinski definition) is 4. The first-order chi connectivity index (χ1) is 7.66. The Hall–Kier alpha value is -1.14. The van der Waals surface area contributed by atoms with Crippen LogP contribution in [0.15, 0.2) is 28.1 Å². The number of carbonyl (C=O) groups excluding carboxylic acids is 1. The summed E-state index contributed by atoms with van der Waals surface area (Å²) in [6.07, 6.45) is 0.115. The smallest absolute Gasteiger partial charge is 0.188 e. The van der Waals surface area contributed by atoms with Crippen molar-refractivity contribution in [2.45, 2.75) is 6.42 Å². The van der Waals surface area contributed by atoms with Gasteiger partial charge in [0.15, 0.2) is 5.78 Å². The molecule has 0 amide bonds. The van der Waals surface area contributed by atoms with Crippen LogP contribution in [0.2, 0.25) is 0 Å². The lowest BCUT2D eigenvalue weighted by atomic mass is 10.1. The van der Waals surface area contributed by atoms with Crippen LogP contribution in [0, 0.1) is 5.82 Å². The fraction of sp³-hybridized carbons (Fsp3) is 0.100. The molecule has 0 aliphatic carbocycles. The van der Waals surface area contributed by atoms with Gasteiger partial charge in [-0.1, -0.05) is 20.4 Å². The van der Waals surface area contributed by atoms with Crippen LogP contribution in [0.4, 0.5) is 4.39 Å². The normalized spacial score (nSPS) is 10.4. The Labute approximate surface area is 104 Å². The quantitative estimate of drug-likeness (QED) is 0.819. The molecule has 0 spiro atoms. The van der Waals surface area contributed by atoms with E-state index >= 15 is 0 Å². The van der Waals surface area contributed by atoms with Crippen LogP contribution < -0.4 is 0 Å². The number of benzene rings is 1. The van der Waals surface area contributed by atoms with Gasteiger partial charge in [0.2, 0.25) is 0 Å². The molecular formula is C10H6BrFN2OS. The largest absolute Gasteiger partial charge is 0.292 e. The van der Waals surface area contributed by atoms with E-state index in [1.165, 1.54) is 12.1 Å². The summed E-state index contributed by atoms with van der Waals surface area (Å²) in [5, 5.41) is 5.25. The fourth-order valence-corrected chi connectivity index (χ4v) is 2.08. The van der Waals surface area contributed by atoms with Gasteiger partial charge in [-0.05, 0) is 35.3 Å². The van der Waals surface area contributed by atoms with Crippen molar-refractivity contribution < 1.29 is 9.18 Å². The number of rotatable bonds is 3. The minimum absolute atomic E-state index is 0.115. The molecule has 3 nitrogen and oxygen atoms in total. The molecule has 2 aromatic rings. The van der Waals surface area contributed by atoms with Gasteiger partial charge in [0, 0.05) is 16.3 Å². The maximum Gasteiger partial charge on any atom is 0.188 e. The number of carbonyl (C=O) groups is 1. The molecule has 0 unspecified atom stereocenters. The summed E-state index contributed by atoms with van der Waals surface area (Å²) in [5.41, 5.74) is 0.930. The Morgan fingerprint density at radius 2 is 2.31 bits per heavy atom. The van der Waals surface area contributed by atoms with Gasteiger partial charge in [-0.3, -0.25) is 4.79 Å². The molecule has 0 fully saturated rings. The van der Waals surface area contributed by atoms with Crippen molar-refractivity contribution in [3.05, 3.63) is 45.1 Å². The SMILES string of the molecule is O=C(Cc1cc(F)ccc1Br)c1csnn1. The second-order valence-electron chi connectivity index (χ2n) is 3.13. The van der Waals surface area contributed by atoms with Crippen LogP contribution in [0.25, 0.3) is 0 Å². The highest BCUT2D eigenvalue weighted by Gasteiger charge is 2.12. The van der Waals surface area contributed by atoms with Crippen molar-refractivity contribution in [3.63, 3.8) is 0 Å². The molecule has 2 rings (SSSR count). The zero-order valence-corrected chi connectivity index (χ0v) is 10.4. The Bertz CT molecular complexity index is 516. The minimum Gasteiger partial charge on any atom is -0.292 e. The van der Waals surface area contributed by atoms with Crippen molar-refractivity contribution in [2.24, 2.45) is 0 Å². The molecule has 1 aromatic carbocycles. The molecule has 0 aliphatic heterocycles. The lowest BCUT2D eigenvalue weighted by Crippen LogP contribution is -2.05. The van der Waals surface area contributed by atoms with Crippen molar-refractivity contribution in [1.29, 1.82) is 0 Å². The van der Waals surface area contributed by atoms with Gasteiger partial charge < -0.3 is 0 Å². The average Bonchev–Trinajstić information content (AvgIpc) is 2.76. The third-order valence-corrected chi connectivity index (χ3v) is 3.28. The third kappa shape index (κ3) is 2.51. The Balaban J connectivity index is 2.21. The predicted molar refractivity (Wildman–Crippen MR) is 62.0 cm³/mol. The average molecular weight is 301 g/mol. The monoisotopic (exact) mass is 300 g/mol. The molecule has 1 heterocycles. The molecule has 82 valence electrons. The van der Waals surface area contributed by atoms with Crippen molar-refractivity contribution in [3.8, 4) is 0 Å². The zero-order valence-electron chi connectivity index (χ0n) is 7.98. The number of ketones is 1. The summed E-state index contributed by atoms with van der Waals surface area (Å²) in [6.45, 7) is 0. The molecule has 0 saturated carbocycles. The molecule has 0 saturated heterocycles. The molecule has 0 aliphatic rings. The first-order valence-electron chi connectivity index (χ1n) is 4.41. The number of nitrogens with zero attached hydrogens (tertiary/aromatic N) is 2. The van der Waals surface area contributed by atoms with E-state index in [0.29, 0.717) is 15.7 Å². The van der Waals surface area contributed by atoms with Gasteiger partial charge >= 0.3 is 0 Å². The van der Waals surface area contributed by atoms with E-state index in [0.717, 1.165) is 11.5 Å². The summed E-state index contributed by atoms with van der Waals surface area (Å²) in [4.78, 5) is 11.7. The highest BCUT2D eigenvalue weighted by Crippen LogP contribution is 2.19. The molecule has 1 aromatic heterocycles. The van der Waals surface area contributed by atoms with Crippen LogP contribution >= 0.6 is 27.5 Å². The molecule has 16 heavy (non-hydrogen) atoms. The first-order valence-corrected chi connectivity index (χ1v) is 6.04. The van der Waals surface area contributed by atoms with Crippen LogP contribution in [-0.4, -0.2) is 15.4 Å². The van der Waals surface area contributed by atoms with Gasteiger partial charge in [-0.15, -0.1) is 5.10 Å². The molecule has 0 bridgehead atoms. The Morgan fingerprint density at radius 1 is 1.50 bits per heavy atom. The van der Waals surface area contributed by atoms with E-state index < -0.39 is 0 Å². The number of halogens is 2. The Kier molecular flexibility index (Phi) is 3.40. The summed E-state index contributed by atoms with van der Waals surface area (Å²) < 4.78 is 17.3. The predicted octanol–water partition coefficient (Wildman–Crippen LogP) is 2.87. The van der Waals surface area contributed by atoms with Gasteiger partial charge in [0.05, 0.1) is 0 Å². The highest BCUT2D eigenvalue weighted by atomic mass is 79.9. The van der Waals surface area contributed by atoms with Crippen LogP contribution in [0.3, 0.4) is 0 Å². The lowest BCUT2D eigenvalue weighted by molar-refractivity contribution is 0.0988. The highest BCUT2D eigenvalue weighted by molar-refractivity contribution is 9.10. The zero-order chi connectivity index (χ0) is 11.5. The minimum atomic E-state index is -0.359. The second kappa shape index (κ2) is 4.80. The van der Waals surface area contributed by atoms with Crippen molar-refractivity contribution in [1.82, 2.24) is 9.59 Å². The summed E-state index contributed by atoms with van der Waals surface area (Å²) in [7, 11) is 0. The van der Waals surface area contributed by atoms with E-state index in [4.69, 9.17) is 0 Å². The van der Waals surface area contributed by atoms with Crippen LogP contribution in [0.1, 0.15) is 16.1 Å². The summed E-state index contributed by atoms with van der Waals surface area (Å²) in [5.74, 6) is -0.526. The fourth-order valence-electron chi connectivity index (χ4n) is 1.23. The van der Waals surface area contributed by atoms with Crippen molar-refractivity contribution >= 4 is 33.2 Å². The maximum atomic E-state index is 13.0. The van der Waals surface area contributed by atoms with Crippen molar-refractivity contribution in [2.75, 3.05) is 0 Å². The van der Waals surface area contributed by atoms with Gasteiger partial charge in [0.25, 0.3) is 0 Å². The van der Waals surface area contributed by atoms with Gasteiger partial charge in [0.1, 0.15) is 11.5 Å². The van der Waals surface area contributed by atoms with E-state index in [-0.39, 0.29) is 18.0 Å². The number of Topliss-reactive ketones (excluding diaryl/α,β-unsaturated/α-hetero) is 1. The molecular weight excluding hydrogens is 295 g/mol. The van der Waals surface area contributed by atoms with E-state index in [9.17, 15) is 9.18 Å². The van der Waals surface area contributed by atoms with Crippen LogP contribution in [0.5, 0.6) is 0 Å². The summed E-state index contributed by atoms with van der Waals surface area (Å²) in [6, 6.07) is 4.25. The van der Waals surface area contributed by atoms with E-state index in [1.807, 2.05) is 0 Å². The third-order valence-electron chi connectivity index (χ3n) is 2.00. The van der Waals surface area contributed by atoms with Gasteiger partial charge in [-0.2, -0.15) is 0 Å². The van der Waals surface area contributed by atoms with E-state index in [2.05, 4.69) is 25.5 Å². The number of hydrogen-bond donors (Lipinski definition) is 0. The first kappa shape index (κ1) is 11.3. The number of aromatic nitrogens is 2. The van der Waals surface area contributed by atoms with Gasteiger partial charge in [-0.25, -0.2) is 4.39 Å². The lowest BCUT2D eigenvalue weighted by Gasteiger charge is -2.02. The molecule has 0 N–H and O–H groups in total.